The van der Waals surface area contributed by atoms with Gasteiger partial charge in [0.05, 0.1) is 0 Å². The second-order valence-electron chi connectivity index (χ2n) is 5.78. The average Bonchev–Trinajstić information content (AvgIpc) is 2.90. The molecular weight excluding hydrogens is 194 g/mol. The second-order valence-corrected chi connectivity index (χ2v) is 5.78. The molecule has 0 spiro atoms. The Morgan fingerprint density at radius 2 is 2.06 bits per heavy atom. The lowest BCUT2D eigenvalue weighted by Gasteiger charge is -2.21. The fourth-order valence-electron chi connectivity index (χ4n) is 3.63. The van der Waals surface area contributed by atoms with Crippen LogP contribution in [0.4, 0.5) is 0 Å². The molecule has 2 fully saturated rings. The highest BCUT2D eigenvalue weighted by Gasteiger charge is 2.38. The Morgan fingerprint density at radius 1 is 1.12 bits per heavy atom. The number of allylic oxidation sites excluding steroid dienone is 1. The van der Waals surface area contributed by atoms with Crippen LogP contribution in [0.3, 0.4) is 0 Å². The standard InChI is InChI=1S/C15H27N/c1-2-3-4-5-6-9-16-12-15-11-13-7-8-14(15)10-13/h2,13-16H,1,3-12H2. The molecule has 1 nitrogen and oxygen atoms in total. The van der Waals surface area contributed by atoms with E-state index < -0.39 is 0 Å². The topological polar surface area (TPSA) is 12.0 Å². The van der Waals surface area contributed by atoms with E-state index in [9.17, 15) is 0 Å². The van der Waals surface area contributed by atoms with Crippen molar-refractivity contribution in [3.8, 4) is 0 Å². The van der Waals surface area contributed by atoms with Crippen molar-refractivity contribution < 1.29 is 0 Å². The molecule has 1 heteroatoms. The van der Waals surface area contributed by atoms with Crippen molar-refractivity contribution in [2.75, 3.05) is 13.1 Å². The summed E-state index contributed by atoms with van der Waals surface area (Å²) in [5.74, 6) is 3.20. The summed E-state index contributed by atoms with van der Waals surface area (Å²) in [6.45, 7) is 6.27. The molecule has 0 radical (unpaired) electrons. The van der Waals surface area contributed by atoms with Crippen molar-refractivity contribution >= 4 is 0 Å². The third-order valence-corrected chi connectivity index (χ3v) is 4.55. The zero-order chi connectivity index (χ0) is 11.2. The van der Waals surface area contributed by atoms with Gasteiger partial charge in [0, 0.05) is 0 Å². The molecule has 1 N–H and O–H groups in total. The van der Waals surface area contributed by atoms with Crippen molar-refractivity contribution in [1.82, 2.24) is 5.32 Å². The molecule has 3 unspecified atom stereocenters. The maximum atomic E-state index is 3.75. The van der Waals surface area contributed by atoms with Gasteiger partial charge in [-0.15, -0.1) is 6.58 Å². The number of unbranched alkanes of at least 4 members (excludes halogenated alkanes) is 3. The first-order valence-corrected chi connectivity index (χ1v) is 7.21. The predicted molar refractivity (Wildman–Crippen MR) is 70.5 cm³/mol. The third-order valence-electron chi connectivity index (χ3n) is 4.55. The Kier molecular flexibility index (Phi) is 4.90. The lowest BCUT2D eigenvalue weighted by Crippen LogP contribution is -2.27. The van der Waals surface area contributed by atoms with Gasteiger partial charge < -0.3 is 5.32 Å². The molecule has 2 bridgehead atoms. The van der Waals surface area contributed by atoms with E-state index in [-0.39, 0.29) is 0 Å². The minimum absolute atomic E-state index is 1.02. The van der Waals surface area contributed by atoms with Crippen LogP contribution in [-0.4, -0.2) is 13.1 Å². The molecule has 0 aromatic rings. The van der Waals surface area contributed by atoms with E-state index in [1.807, 2.05) is 6.08 Å². The Labute approximate surface area is 101 Å². The monoisotopic (exact) mass is 221 g/mol. The van der Waals surface area contributed by atoms with E-state index >= 15 is 0 Å². The van der Waals surface area contributed by atoms with E-state index in [1.165, 1.54) is 58.0 Å². The molecule has 0 aliphatic heterocycles. The molecule has 0 aromatic heterocycles. The average molecular weight is 221 g/mol. The lowest BCUT2D eigenvalue weighted by atomic mass is 9.89. The highest BCUT2D eigenvalue weighted by Crippen LogP contribution is 2.47. The van der Waals surface area contributed by atoms with E-state index in [4.69, 9.17) is 0 Å². The maximum absolute atomic E-state index is 3.75. The Morgan fingerprint density at radius 3 is 2.75 bits per heavy atom. The molecule has 0 aromatic carbocycles. The number of hydrogen-bond acceptors (Lipinski definition) is 1. The first-order valence-electron chi connectivity index (χ1n) is 7.21. The van der Waals surface area contributed by atoms with Crippen LogP contribution >= 0.6 is 0 Å². The van der Waals surface area contributed by atoms with Gasteiger partial charge in [-0.25, -0.2) is 0 Å². The Balaban J connectivity index is 1.45. The van der Waals surface area contributed by atoms with Gasteiger partial charge in [-0.2, -0.15) is 0 Å². The quantitative estimate of drug-likeness (QED) is 0.486. The molecule has 2 rings (SSSR count). The van der Waals surface area contributed by atoms with Crippen molar-refractivity contribution in [3.05, 3.63) is 12.7 Å². The SMILES string of the molecule is C=CCCCCCNCC1CC2CCC1C2. The smallest absolute Gasteiger partial charge is 0.00178 e. The van der Waals surface area contributed by atoms with Crippen LogP contribution in [0.15, 0.2) is 12.7 Å². The first kappa shape index (κ1) is 12.2. The normalized spacial score (nSPS) is 32.1. The summed E-state index contributed by atoms with van der Waals surface area (Å²) in [7, 11) is 0. The summed E-state index contributed by atoms with van der Waals surface area (Å²) < 4.78 is 0. The summed E-state index contributed by atoms with van der Waals surface area (Å²) in [4.78, 5) is 0. The number of rotatable bonds is 8. The zero-order valence-electron chi connectivity index (χ0n) is 10.6. The van der Waals surface area contributed by atoms with E-state index in [0.717, 1.165) is 17.8 Å². The third kappa shape index (κ3) is 3.35. The van der Waals surface area contributed by atoms with Crippen LogP contribution in [0.1, 0.15) is 51.4 Å². The van der Waals surface area contributed by atoms with E-state index in [0.29, 0.717) is 0 Å². The van der Waals surface area contributed by atoms with E-state index in [2.05, 4.69) is 11.9 Å². The first-order chi connectivity index (χ1) is 7.90. The van der Waals surface area contributed by atoms with Gasteiger partial charge in [0.15, 0.2) is 0 Å². The van der Waals surface area contributed by atoms with Gasteiger partial charge in [0.1, 0.15) is 0 Å². The molecule has 0 amide bonds. The molecular formula is C15H27N. The van der Waals surface area contributed by atoms with Crippen LogP contribution in [0.25, 0.3) is 0 Å². The maximum Gasteiger partial charge on any atom is -0.00178 e. The van der Waals surface area contributed by atoms with Crippen molar-refractivity contribution in [2.45, 2.75) is 51.4 Å². The van der Waals surface area contributed by atoms with Gasteiger partial charge >= 0.3 is 0 Å². The molecule has 2 aliphatic rings. The van der Waals surface area contributed by atoms with Crippen LogP contribution in [-0.2, 0) is 0 Å². The number of nitrogens with one attached hydrogen (secondary N) is 1. The molecule has 0 heterocycles. The number of hydrogen-bond donors (Lipinski definition) is 1. The fourth-order valence-corrected chi connectivity index (χ4v) is 3.63. The zero-order valence-corrected chi connectivity index (χ0v) is 10.6. The van der Waals surface area contributed by atoms with Crippen LogP contribution in [0.5, 0.6) is 0 Å². The van der Waals surface area contributed by atoms with Gasteiger partial charge in [-0.1, -0.05) is 18.9 Å². The minimum atomic E-state index is 1.02. The largest absolute Gasteiger partial charge is 0.316 e. The van der Waals surface area contributed by atoms with E-state index in [1.54, 1.807) is 6.42 Å². The van der Waals surface area contributed by atoms with Gasteiger partial charge in [-0.3, -0.25) is 0 Å². The van der Waals surface area contributed by atoms with Crippen LogP contribution in [0, 0.1) is 17.8 Å². The molecule has 2 aliphatic carbocycles. The highest BCUT2D eigenvalue weighted by molar-refractivity contribution is 4.90. The van der Waals surface area contributed by atoms with Crippen molar-refractivity contribution in [3.63, 3.8) is 0 Å². The Bertz CT molecular complexity index is 211. The summed E-state index contributed by atoms with van der Waals surface area (Å²) in [5, 5.41) is 3.66. The predicted octanol–water partition coefficient (Wildman–Crippen LogP) is 3.76. The molecule has 92 valence electrons. The Hall–Kier alpha value is -0.300. The van der Waals surface area contributed by atoms with Crippen LogP contribution in [0.2, 0.25) is 0 Å². The molecule has 3 atom stereocenters. The van der Waals surface area contributed by atoms with Crippen molar-refractivity contribution in [1.29, 1.82) is 0 Å². The summed E-state index contributed by atoms with van der Waals surface area (Å²) in [6, 6.07) is 0. The highest BCUT2D eigenvalue weighted by atomic mass is 14.9. The molecule has 2 saturated carbocycles. The molecule has 16 heavy (non-hydrogen) atoms. The molecule has 0 saturated heterocycles. The van der Waals surface area contributed by atoms with Gasteiger partial charge in [0.25, 0.3) is 0 Å². The summed E-state index contributed by atoms with van der Waals surface area (Å²) in [5.41, 5.74) is 0. The van der Waals surface area contributed by atoms with Crippen LogP contribution < -0.4 is 5.32 Å². The lowest BCUT2D eigenvalue weighted by molar-refractivity contribution is 0.318. The minimum Gasteiger partial charge on any atom is -0.316 e. The summed E-state index contributed by atoms with van der Waals surface area (Å²) in [6.07, 6.45) is 13.4. The van der Waals surface area contributed by atoms with Gasteiger partial charge in [-0.05, 0) is 69.4 Å². The van der Waals surface area contributed by atoms with Crippen molar-refractivity contribution in [2.24, 2.45) is 17.8 Å². The fraction of sp³-hybridized carbons (Fsp3) is 0.867. The van der Waals surface area contributed by atoms with Gasteiger partial charge in [0.2, 0.25) is 0 Å². The second kappa shape index (κ2) is 6.44. The number of fused-ring (bicyclic) bond motifs is 2. The summed E-state index contributed by atoms with van der Waals surface area (Å²) >= 11 is 0.